The summed E-state index contributed by atoms with van der Waals surface area (Å²) in [6.07, 6.45) is 5.15. The van der Waals surface area contributed by atoms with Gasteiger partial charge in [0.25, 0.3) is 5.91 Å². The first-order chi connectivity index (χ1) is 12.6. The second-order valence-electron chi connectivity index (χ2n) is 5.93. The molecule has 2 rings (SSSR count). The first-order valence-corrected chi connectivity index (χ1v) is 8.80. The molecule has 1 amide bonds. The maximum absolute atomic E-state index is 12.5. The van der Waals surface area contributed by atoms with Crippen LogP contribution in [0.3, 0.4) is 0 Å². The number of aromatic nitrogens is 1. The number of unbranched alkanes of at least 4 members (excludes halogenated alkanes) is 1. The number of carbonyl (C=O) groups excluding carboxylic acids is 2. The molecule has 0 bridgehead atoms. The summed E-state index contributed by atoms with van der Waals surface area (Å²) in [4.78, 5) is 30.4. The highest BCUT2D eigenvalue weighted by Gasteiger charge is 2.14. The summed E-state index contributed by atoms with van der Waals surface area (Å²) < 4.78 is 5.08. The van der Waals surface area contributed by atoms with E-state index in [1.54, 1.807) is 55.5 Å². The van der Waals surface area contributed by atoms with Gasteiger partial charge in [0.1, 0.15) is 0 Å². The van der Waals surface area contributed by atoms with Crippen molar-refractivity contribution < 1.29 is 14.3 Å². The number of hydrogen-bond donors (Lipinski definition) is 1. The third-order valence-corrected chi connectivity index (χ3v) is 3.88. The van der Waals surface area contributed by atoms with Crippen LogP contribution in [-0.2, 0) is 4.74 Å². The fraction of sp³-hybridized carbons (Fsp3) is 0.350. The van der Waals surface area contributed by atoms with Crippen molar-refractivity contribution in [2.24, 2.45) is 0 Å². The zero-order chi connectivity index (χ0) is 18.9. The highest BCUT2D eigenvalue weighted by Crippen LogP contribution is 2.22. The lowest BCUT2D eigenvalue weighted by molar-refractivity contribution is 0.0527. The Kier molecular flexibility index (Phi) is 7.14. The fourth-order valence-electron chi connectivity index (χ4n) is 2.48. The Hall–Kier alpha value is -2.89. The van der Waals surface area contributed by atoms with Crippen molar-refractivity contribution in [3.63, 3.8) is 0 Å². The maximum atomic E-state index is 12.5. The van der Waals surface area contributed by atoms with E-state index in [0.717, 1.165) is 12.8 Å². The van der Waals surface area contributed by atoms with Crippen LogP contribution in [0.1, 0.15) is 47.4 Å². The summed E-state index contributed by atoms with van der Waals surface area (Å²) in [7, 11) is 1.79. The molecule has 0 saturated heterocycles. The van der Waals surface area contributed by atoms with E-state index in [2.05, 4.69) is 17.2 Å². The molecule has 1 heterocycles. The second kappa shape index (κ2) is 9.56. The van der Waals surface area contributed by atoms with Crippen LogP contribution in [0.15, 0.2) is 42.7 Å². The lowest BCUT2D eigenvalue weighted by Crippen LogP contribution is -2.27. The minimum Gasteiger partial charge on any atom is -0.462 e. The molecule has 1 aromatic carbocycles. The van der Waals surface area contributed by atoms with E-state index in [1.807, 2.05) is 6.07 Å². The number of anilines is 2. The molecule has 0 aliphatic rings. The van der Waals surface area contributed by atoms with Gasteiger partial charge in [0.2, 0.25) is 0 Å². The molecule has 6 nitrogen and oxygen atoms in total. The lowest BCUT2D eigenvalue weighted by Gasteiger charge is -2.17. The van der Waals surface area contributed by atoms with Crippen molar-refractivity contribution in [1.82, 2.24) is 9.88 Å². The number of ether oxygens (including phenoxy) is 1. The summed E-state index contributed by atoms with van der Waals surface area (Å²) in [6.45, 7) is 4.87. The third kappa shape index (κ3) is 5.05. The van der Waals surface area contributed by atoms with E-state index in [0.29, 0.717) is 35.7 Å². The number of nitrogens with one attached hydrogen (secondary N) is 1. The largest absolute Gasteiger partial charge is 0.462 e. The van der Waals surface area contributed by atoms with Crippen LogP contribution >= 0.6 is 0 Å². The van der Waals surface area contributed by atoms with Gasteiger partial charge < -0.3 is 15.0 Å². The Morgan fingerprint density at radius 1 is 1.19 bits per heavy atom. The van der Waals surface area contributed by atoms with E-state index in [4.69, 9.17) is 4.74 Å². The predicted octanol–water partition coefficient (Wildman–Crippen LogP) is 3.87. The van der Waals surface area contributed by atoms with Gasteiger partial charge in [0.15, 0.2) is 0 Å². The highest BCUT2D eigenvalue weighted by atomic mass is 16.5. The van der Waals surface area contributed by atoms with Crippen molar-refractivity contribution in [2.75, 3.05) is 25.5 Å². The van der Waals surface area contributed by atoms with Crippen molar-refractivity contribution in [3.8, 4) is 0 Å². The van der Waals surface area contributed by atoms with E-state index in [-0.39, 0.29) is 5.91 Å². The molecule has 0 aliphatic carbocycles. The van der Waals surface area contributed by atoms with Crippen LogP contribution < -0.4 is 5.32 Å². The van der Waals surface area contributed by atoms with Gasteiger partial charge in [-0.25, -0.2) is 4.79 Å². The predicted molar refractivity (Wildman–Crippen MR) is 102 cm³/mol. The zero-order valence-corrected chi connectivity index (χ0v) is 15.5. The molecule has 0 spiro atoms. The number of nitrogens with zero attached hydrogens (tertiary/aromatic N) is 2. The highest BCUT2D eigenvalue weighted by molar-refractivity contribution is 5.97. The van der Waals surface area contributed by atoms with E-state index >= 15 is 0 Å². The van der Waals surface area contributed by atoms with Crippen molar-refractivity contribution >= 4 is 23.3 Å². The summed E-state index contributed by atoms with van der Waals surface area (Å²) in [5, 5.41) is 3.16. The molecule has 138 valence electrons. The first-order valence-electron chi connectivity index (χ1n) is 8.80. The van der Waals surface area contributed by atoms with Gasteiger partial charge in [-0.3, -0.25) is 9.78 Å². The van der Waals surface area contributed by atoms with Crippen LogP contribution in [0.4, 0.5) is 11.4 Å². The van der Waals surface area contributed by atoms with Gasteiger partial charge in [-0.1, -0.05) is 25.5 Å². The molecule has 1 N–H and O–H groups in total. The number of hydrogen-bond acceptors (Lipinski definition) is 5. The molecule has 6 heteroatoms. The van der Waals surface area contributed by atoms with Crippen LogP contribution in [-0.4, -0.2) is 42.0 Å². The van der Waals surface area contributed by atoms with E-state index in [9.17, 15) is 9.59 Å². The van der Waals surface area contributed by atoms with Gasteiger partial charge in [-0.15, -0.1) is 0 Å². The molecule has 0 atom stereocenters. The monoisotopic (exact) mass is 355 g/mol. The van der Waals surface area contributed by atoms with Gasteiger partial charge in [0.05, 0.1) is 35.3 Å². The number of esters is 1. The van der Waals surface area contributed by atoms with Crippen molar-refractivity contribution in [1.29, 1.82) is 0 Å². The zero-order valence-electron chi connectivity index (χ0n) is 15.5. The van der Waals surface area contributed by atoms with Gasteiger partial charge in [-0.2, -0.15) is 0 Å². The molecule has 0 radical (unpaired) electrons. The minimum atomic E-state index is -0.393. The smallest absolute Gasteiger partial charge is 0.340 e. The summed E-state index contributed by atoms with van der Waals surface area (Å²) in [5.74, 6) is -0.469. The molecule has 0 fully saturated rings. The Balaban J connectivity index is 2.19. The average Bonchev–Trinajstić information content (AvgIpc) is 2.66. The number of pyridine rings is 1. The van der Waals surface area contributed by atoms with Crippen LogP contribution in [0.5, 0.6) is 0 Å². The number of carbonyl (C=O) groups is 2. The second-order valence-corrected chi connectivity index (χ2v) is 5.93. The van der Waals surface area contributed by atoms with Crippen LogP contribution in [0.2, 0.25) is 0 Å². The topological polar surface area (TPSA) is 71.5 Å². The van der Waals surface area contributed by atoms with E-state index < -0.39 is 5.97 Å². The Bertz CT molecular complexity index is 761. The molecule has 0 unspecified atom stereocenters. The summed E-state index contributed by atoms with van der Waals surface area (Å²) in [5.41, 5.74) is 2.18. The van der Waals surface area contributed by atoms with Gasteiger partial charge in [0, 0.05) is 19.8 Å². The van der Waals surface area contributed by atoms with E-state index in [1.165, 1.54) is 0 Å². The number of amides is 1. The number of para-hydroxylation sites is 1. The average molecular weight is 355 g/mol. The van der Waals surface area contributed by atoms with Gasteiger partial charge in [-0.05, 0) is 31.5 Å². The minimum absolute atomic E-state index is 0.0757. The van der Waals surface area contributed by atoms with Crippen molar-refractivity contribution in [2.45, 2.75) is 26.7 Å². The molecule has 2 aromatic rings. The lowest BCUT2D eigenvalue weighted by atomic mass is 10.1. The molecular weight excluding hydrogens is 330 g/mol. The van der Waals surface area contributed by atoms with Crippen LogP contribution in [0, 0.1) is 0 Å². The molecule has 0 aliphatic heterocycles. The fourth-order valence-corrected chi connectivity index (χ4v) is 2.48. The third-order valence-electron chi connectivity index (χ3n) is 3.88. The molecule has 1 aromatic heterocycles. The number of rotatable bonds is 8. The quantitative estimate of drug-likeness (QED) is 0.728. The Morgan fingerprint density at radius 2 is 1.96 bits per heavy atom. The van der Waals surface area contributed by atoms with Crippen molar-refractivity contribution in [3.05, 3.63) is 53.9 Å². The number of benzene rings is 1. The van der Waals surface area contributed by atoms with Gasteiger partial charge >= 0.3 is 5.97 Å². The van der Waals surface area contributed by atoms with Crippen LogP contribution in [0.25, 0.3) is 0 Å². The normalized spacial score (nSPS) is 10.3. The SMILES string of the molecule is CCCCN(C)C(=O)c1cncc(Nc2ccccc2C(=O)OCC)c1. The Morgan fingerprint density at radius 3 is 2.69 bits per heavy atom. The maximum Gasteiger partial charge on any atom is 0.340 e. The summed E-state index contributed by atoms with van der Waals surface area (Å²) >= 11 is 0. The molecular formula is C20H25N3O3. The molecule has 0 saturated carbocycles. The molecule has 26 heavy (non-hydrogen) atoms. The summed E-state index contributed by atoms with van der Waals surface area (Å²) in [6, 6.07) is 8.82. The first kappa shape index (κ1) is 19.4. The Labute approximate surface area is 154 Å². The standard InChI is InChI=1S/C20H25N3O3/c1-4-6-11-23(3)19(24)15-12-16(14-21-13-15)22-18-10-8-7-9-17(18)20(25)26-5-2/h7-10,12-14,22H,4-6,11H2,1-3H3.